The zero-order chi connectivity index (χ0) is 22.0. The van der Waals surface area contributed by atoms with Gasteiger partial charge in [-0.25, -0.2) is 9.07 Å². The highest BCUT2D eigenvalue weighted by Crippen LogP contribution is 2.23. The van der Waals surface area contributed by atoms with Crippen LogP contribution in [-0.4, -0.2) is 46.8 Å². The number of piperazine rings is 1. The van der Waals surface area contributed by atoms with Crippen LogP contribution in [0, 0.1) is 5.82 Å². The van der Waals surface area contributed by atoms with Crippen LogP contribution in [0.1, 0.15) is 0 Å². The van der Waals surface area contributed by atoms with Crippen LogP contribution in [0.2, 0.25) is 10.0 Å². The molecule has 0 aliphatic carbocycles. The van der Waals surface area contributed by atoms with E-state index < -0.39 is 5.82 Å². The Morgan fingerprint density at radius 1 is 0.968 bits per heavy atom. The minimum Gasteiger partial charge on any atom is -0.368 e. The molecule has 0 unspecified atom stereocenters. The number of amides is 1. The number of benzene rings is 2. The normalized spacial score (nSPS) is 14.0. The number of hydrogen-bond acceptors (Lipinski definition) is 4. The summed E-state index contributed by atoms with van der Waals surface area (Å²) < 4.78 is 14.6. The summed E-state index contributed by atoms with van der Waals surface area (Å²) in [5.74, 6) is -0.641. The van der Waals surface area contributed by atoms with Gasteiger partial charge in [-0.1, -0.05) is 35.3 Å². The SMILES string of the molecule is O=C(Cn1nc(-c2ccc(Cl)cc2)ccc1=O)N1CCN(c2ccc(F)c(Cl)c2)CC1. The minimum absolute atomic E-state index is 0.0713. The summed E-state index contributed by atoms with van der Waals surface area (Å²) in [7, 11) is 0. The fourth-order valence-corrected chi connectivity index (χ4v) is 3.76. The lowest BCUT2D eigenvalue weighted by molar-refractivity contribution is -0.132. The largest absolute Gasteiger partial charge is 0.368 e. The number of halogens is 3. The highest BCUT2D eigenvalue weighted by molar-refractivity contribution is 6.31. The van der Waals surface area contributed by atoms with Crippen molar-refractivity contribution in [2.24, 2.45) is 0 Å². The Kier molecular flexibility index (Phi) is 6.25. The van der Waals surface area contributed by atoms with Crippen LogP contribution in [0.15, 0.2) is 59.4 Å². The van der Waals surface area contributed by atoms with E-state index in [1.54, 1.807) is 35.2 Å². The van der Waals surface area contributed by atoms with Gasteiger partial charge in [0.25, 0.3) is 5.56 Å². The molecule has 160 valence electrons. The number of anilines is 1. The van der Waals surface area contributed by atoms with Gasteiger partial charge in [0.2, 0.25) is 5.91 Å². The van der Waals surface area contributed by atoms with E-state index >= 15 is 0 Å². The third kappa shape index (κ3) is 4.89. The van der Waals surface area contributed by atoms with Gasteiger partial charge < -0.3 is 9.80 Å². The van der Waals surface area contributed by atoms with Crippen LogP contribution in [-0.2, 0) is 11.3 Å². The number of rotatable bonds is 4. The third-order valence-electron chi connectivity index (χ3n) is 5.19. The monoisotopic (exact) mass is 460 g/mol. The minimum atomic E-state index is -0.460. The summed E-state index contributed by atoms with van der Waals surface area (Å²) in [6.45, 7) is 2.00. The van der Waals surface area contributed by atoms with Crippen LogP contribution in [0.25, 0.3) is 11.3 Å². The fourth-order valence-electron chi connectivity index (χ4n) is 3.46. The molecule has 1 amide bonds. The molecule has 9 heteroatoms. The molecule has 1 fully saturated rings. The second kappa shape index (κ2) is 9.08. The second-order valence-corrected chi connectivity index (χ2v) is 8.03. The van der Waals surface area contributed by atoms with Crippen LogP contribution < -0.4 is 10.5 Å². The van der Waals surface area contributed by atoms with Crippen LogP contribution in [0.3, 0.4) is 0 Å². The molecule has 4 rings (SSSR count). The molecule has 1 aliphatic rings. The Labute approximate surface area is 188 Å². The first-order valence-corrected chi connectivity index (χ1v) is 10.5. The number of aromatic nitrogens is 2. The molecule has 1 aliphatic heterocycles. The lowest BCUT2D eigenvalue weighted by Crippen LogP contribution is -2.50. The average Bonchev–Trinajstić information content (AvgIpc) is 2.78. The van der Waals surface area contributed by atoms with Crippen LogP contribution in [0.4, 0.5) is 10.1 Å². The van der Waals surface area contributed by atoms with Crippen molar-refractivity contribution < 1.29 is 9.18 Å². The van der Waals surface area contributed by atoms with Gasteiger partial charge in [-0.05, 0) is 36.4 Å². The number of hydrogen-bond donors (Lipinski definition) is 0. The van der Waals surface area contributed by atoms with Crippen molar-refractivity contribution in [3.05, 3.63) is 80.8 Å². The Hall–Kier alpha value is -2.90. The molecule has 0 spiro atoms. The van der Waals surface area contributed by atoms with Crippen LogP contribution in [0.5, 0.6) is 0 Å². The van der Waals surface area contributed by atoms with Gasteiger partial charge in [-0.15, -0.1) is 0 Å². The molecule has 0 N–H and O–H groups in total. The summed E-state index contributed by atoms with van der Waals surface area (Å²) >= 11 is 11.8. The van der Waals surface area contributed by atoms with E-state index in [2.05, 4.69) is 5.10 Å². The van der Waals surface area contributed by atoms with E-state index in [1.807, 2.05) is 17.0 Å². The first-order valence-electron chi connectivity index (χ1n) is 9.72. The van der Waals surface area contributed by atoms with Gasteiger partial charge in [0, 0.05) is 48.5 Å². The maximum absolute atomic E-state index is 13.4. The van der Waals surface area contributed by atoms with E-state index in [-0.39, 0.29) is 23.0 Å². The van der Waals surface area contributed by atoms with Crippen molar-refractivity contribution >= 4 is 34.8 Å². The van der Waals surface area contributed by atoms with Crippen molar-refractivity contribution in [3.8, 4) is 11.3 Å². The van der Waals surface area contributed by atoms with Gasteiger partial charge in [0.05, 0.1) is 10.7 Å². The molecular weight excluding hydrogens is 442 g/mol. The zero-order valence-electron chi connectivity index (χ0n) is 16.5. The zero-order valence-corrected chi connectivity index (χ0v) is 18.0. The first kappa shape index (κ1) is 21.3. The summed E-state index contributed by atoms with van der Waals surface area (Å²) in [6, 6.07) is 14.7. The topological polar surface area (TPSA) is 58.4 Å². The molecule has 2 heterocycles. The maximum atomic E-state index is 13.4. The molecule has 2 aromatic carbocycles. The van der Waals surface area contributed by atoms with E-state index in [0.29, 0.717) is 36.9 Å². The Bertz CT molecular complexity index is 1160. The maximum Gasteiger partial charge on any atom is 0.267 e. The molecule has 0 saturated carbocycles. The van der Waals surface area contributed by atoms with Gasteiger partial charge >= 0.3 is 0 Å². The van der Waals surface area contributed by atoms with Gasteiger partial charge in [0.15, 0.2) is 0 Å². The molecule has 0 radical (unpaired) electrons. The summed E-state index contributed by atoms with van der Waals surface area (Å²) in [4.78, 5) is 28.7. The predicted octanol–water partition coefficient (Wildman–Crippen LogP) is 3.71. The van der Waals surface area contributed by atoms with Crippen molar-refractivity contribution in [1.82, 2.24) is 14.7 Å². The average molecular weight is 461 g/mol. The van der Waals surface area contributed by atoms with E-state index in [4.69, 9.17) is 23.2 Å². The lowest BCUT2D eigenvalue weighted by Gasteiger charge is -2.36. The molecule has 31 heavy (non-hydrogen) atoms. The van der Waals surface area contributed by atoms with E-state index in [1.165, 1.54) is 16.8 Å². The standard InChI is InChI=1S/C22H19Cl2FN4O2/c23-16-3-1-15(2-4-16)20-7-8-21(30)29(26-20)14-22(31)28-11-9-27(10-12-28)17-5-6-19(25)18(24)13-17/h1-8,13H,9-12,14H2. The molecule has 0 atom stereocenters. The van der Waals surface area contributed by atoms with Gasteiger partial charge in [-0.3, -0.25) is 9.59 Å². The highest BCUT2D eigenvalue weighted by Gasteiger charge is 2.22. The summed E-state index contributed by atoms with van der Waals surface area (Å²) in [5, 5.41) is 5.02. The van der Waals surface area contributed by atoms with Crippen LogP contribution >= 0.6 is 23.2 Å². The third-order valence-corrected chi connectivity index (χ3v) is 5.73. The Morgan fingerprint density at radius 3 is 2.35 bits per heavy atom. The highest BCUT2D eigenvalue weighted by atomic mass is 35.5. The predicted molar refractivity (Wildman–Crippen MR) is 119 cm³/mol. The van der Waals surface area contributed by atoms with E-state index in [0.717, 1.165) is 11.3 Å². The molecule has 1 saturated heterocycles. The second-order valence-electron chi connectivity index (χ2n) is 7.19. The molecular formula is C22H19Cl2FN4O2. The van der Waals surface area contributed by atoms with E-state index in [9.17, 15) is 14.0 Å². The smallest absolute Gasteiger partial charge is 0.267 e. The number of carbonyl (C=O) groups excluding carboxylic acids is 1. The summed E-state index contributed by atoms with van der Waals surface area (Å²) in [6.07, 6.45) is 0. The number of carbonyl (C=O) groups is 1. The first-order chi connectivity index (χ1) is 14.9. The molecule has 6 nitrogen and oxygen atoms in total. The van der Waals surface area contributed by atoms with Crippen molar-refractivity contribution in [2.45, 2.75) is 6.54 Å². The quantitative estimate of drug-likeness (QED) is 0.595. The van der Waals surface area contributed by atoms with Gasteiger partial charge in [-0.2, -0.15) is 5.10 Å². The Balaban J connectivity index is 1.42. The van der Waals surface area contributed by atoms with Gasteiger partial charge in [0.1, 0.15) is 12.4 Å². The molecule has 0 bridgehead atoms. The molecule has 1 aromatic heterocycles. The van der Waals surface area contributed by atoms with Crippen molar-refractivity contribution in [3.63, 3.8) is 0 Å². The lowest BCUT2D eigenvalue weighted by atomic mass is 10.1. The van der Waals surface area contributed by atoms with Crippen molar-refractivity contribution in [1.29, 1.82) is 0 Å². The molecule has 3 aromatic rings. The summed E-state index contributed by atoms with van der Waals surface area (Å²) in [5.41, 5.74) is 1.86. The Morgan fingerprint density at radius 2 is 1.68 bits per heavy atom. The fraction of sp³-hybridized carbons (Fsp3) is 0.227. The number of nitrogens with zero attached hydrogens (tertiary/aromatic N) is 4. The van der Waals surface area contributed by atoms with Crippen molar-refractivity contribution in [2.75, 3.05) is 31.1 Å².